The van der Waals surface area contributed by atoms with E-state index in [-0.39, 0.29) is 31.4 Å². The van der Waals surface area contributed by atoms with E-state index < -0.39 is 17.5 Å². The molecule has 0 saturated carbocycles. The van der Waals surface area contributed by atoms with Gasteiger partial charge in [0.05, 0.1) is 6.54 Å². The summed E-state index contributed by atoms with van der Waals surface area (Å²) in [7, 11) is 0. The summed E-state index contributed by atoms with van der Waals surface area (Å²) in [6, 6.07) is 0. The summed E-state index contributed by atoms with van der Waals surface area (Å²) in [4.78, 5) is 23.9. The largest absolute Gasteiger partial charge is 1.00 e. The Morgan fingerprint density at radius 3 is 2.41 bits per heavy atom. The van der Waals surface area contributed by atoms with Crippen LogP contribution in [0.3, 0.4) is 0 Å². The van der Waals surface area contributed by atoms with Gasteiger partial charge in [-0.3, -0.25) is 9.69 Å². The van der Waals surface area contributed by atoms with Crippen molar-refractivity contribution in [2.45, 2.75) is 32.8 Å². The number of esters is 1. The second kappa shape index (κ2) is 6.44. The molecule has 1 heterocycles. The fourth-order valence-electron chi connectivity index (χ4n) is 1.73. The summed E-state index contributed by atoms with van der Waals surface area (Å²) in [5.41, 5.74) is -0.495. The first-order valence-electron chi connectivity index (χ1n) is 5.43. The molecule has 5 nitrogen and oxygen atoms in total. The first kappa shape index (κ1) is 16.5. The van der Waals surface area contributed by atoms with E-state index in [4.69, 9.17) is 4.74 Å². The van der Waals surface area contributed by atoms with Crippen LogP contribution in [-0.4, -0.2) is 42.1 Å². The number of carbonyl (C=O) groups is 2. The number of carboxylic acids is 1. The molecule has 6 heteroatoms. The van der Waals surface area contributed by atoms with Gasteiger partial charge in [-0.1, -0.05) is 0 Å². The summed E-state index contributed by atoms with van der Waals surface area (Å²) in [6.45, 7) is 6.55. The van der Waals surface area contributed by atoms with E-state index in [0.717, 1.165) is 0 Å². The Morgan fingerprint density at radius 2 is 2.00 bits per heavy atom. The van der Waals surface area contributed by atoms with Gasteiger partial charge in [-0.2, -0.15) is 0 Å². The Hall–Kier alpha value is -0.503. The second-order valence-corrected chi connectivity index (χ2v) is 5.13. The third kappa shape index (κ3) is 6.11. The third-order valence-electron chi connectivity index (χ3n) is 2.38. The molecule has 1 saturated heterocycles. The Labute approximate surface area is 114 Å². The van der Waals surface area contributed by atoms with Crippen molar-refractivity contribution in [1.29, 1.82) is 0 Å². The molecule has 1 aliphatic heterocycles. The molecule has 1 atom stereocenters. The zero-order valence-corrected chi connectivity index (χ0v) is 11.0. The van der Waals surface area contributed by atoms with Gasteiger partial charge in [0, 0.05) is 18.4 Å². The topological polar surface area (TPSA) is 69.7 Å². The predicted octanol–water partition coefficient (Wildman–Crippen LogP) is -3.60. The van der Waals surface area contributed by atoms with Crippen LogP contribution in [0, 0.1) is 5.92 Å². The SMILES string of the molecule is CC(C)(C)OC(=O)CN1CCC(C(=O)[O-])C1.[Li+]. The molecule has 0 N–H and O–H groups in total. The van der Waals surface area contributed by atoms with Crippen LogP contribution < -0.4 is 24.0 Å². The molecule has 0 aromatic rings. The maximum Gasteiger partial charge on any atom is 1.00 e. The van der Waals surface area contributed by atoms with Crippen molar-refractivity contribution in [3.63, 3.8) is 0 Å². The molecule has 0 amide bonds. The van der Waals surface area contributed by atoms with Crippen LogP contribution >= 0.6 is 0 Å². The number of rotatable bonds is 3. The van der Waals surface area contributed by atoms with Crippen LogP contribution in [0.5, 0.6) is 0 Å². The van der Waals surface area contributed by atoms with E-state index in [1.807, 2.05) is 0 Å². The molecule has 0 aliphatic carbocycles. The second-order valence-electron chi connectivity index (χ2n) is 5.13. The van der Waals surface area contributed by atoms with E-state index in [1.54, 1.807) is 25.7 Å². The quantitative estimate of drug-likeness (QED) is 0.373. The van der Waals surface area contributed by atoms with Crippen LogP contribution in [0.25, 0.3) is 0 Å². The predicted molar refractivity (Wildman–Crippen MR) is 55.4 cm³/mol. The molecule has 1 unspecified atom stereocenters. The Bertz CT molecular complexity index is 288. The fourth-order valence-corrected chi connectivity index (χ4v) is 1.73. The molecule has 1 rings (SSSR count). The normalized spacial score (nSPS) is 20.8. The van der Waals surface area contributed by atoms with Gasteiger partial charge in [-0.05, 0) is 33.7 Å². The van der Waals surface area contributed by atoms with Gasteiger partial charge in [0.2, 0.25) is 0 Å². The molecular weight excluding hydrogens is 217 g/mol. The summed E-state index contributed by atoms with van der Waals surface area (Å²) in [6.07, 6.45) is 0.547. The molecule has 1 aliphatic rings. The number of carbonyl (C=O) groups excluding carboxylic acids is 2. The molecule has 0 spiro atoms. The molecule has 0 aromatic heterocycles. The van der Waals surface area contributed by atoms with E-state index in [2.05, 4.69) is 0 Å². The number of carboxylic acid groups (broad SMARTS) is 1. The van der Waals surface area contributed by atoms with Gasteiger partial charge in [0.25, 0.3) is 0 Å². The molecule has 92 valence electrons. The number of hydrogen-bond donors (Lipinski definition) is 0. The van der Waals surface area contributed by atoms with Crippen LogP contribution in [0.15, 0.2) is 0 Å². The summed E-state index contributed by atoms with van der Waals surface area (Å²) in [5, 5.41) is 10.6. The number of ether oxygens (including phenoxy) is 1. The Kier molecular flexibility index (Phi) is 6.25. The maximum absolute atomic E-state index is 11.5. The smallest absolute Gasteiger partial charge is 0.550 e. The van der Waals surface area contributed by atoms with Gasteiger partial charge < -0.3 is 14.6 Å². The Balaban J connectivity index is 0.00000256. The van der Waals surface area contributed by atoms with Gasteiger partial charge in [0.15, 0.2) is 0 Å². The molecule has 17 heavy (non-hydrogen) atoms. The zero-order valence-electron chi connectivity index (χ0n) is 11.0. The van der Waals surface area contributed by atoms with Crippen LogP contribution in [0.2, 0.25) is 0 Å². The molecular formula is C11H18LiNO4. The Morgan fingerprint density at radius 1 is 1.41 bits per heavy atom. The van der Waals surface area contributed by atoms with E-state index >= 15 is 0 Å². The molecule has 0 bridgehead atoms. The standard InChI is InChI=1S/C11H19NO4.Li/c1-11(2,3)16-9(13)7-12-5-4-8(6-12)10(14)15;/h8H,4-7H2,1-3H3,(H,14,15);/q;+1/p-1. The van der Waals surface area contributed by atoms with E-state index in [0.29, 0.717) is 19.5 Å². The summed E-state index contributed by atoms with van der Waals surface area (Å²) in [5.74, 6) is -1.80. The fraction of sp³-hybridized carbons (Fsp3) is 0.818. The van der Waals surface area contributed by atoms with Crippen molar-refractivity contribution >= 4 is 11.9 Å². The van der Waals surface area contributed by atoms with Crippen LogP contribution in [-0.2, 0) is 14.3 Å². The third-order valence-corrected chi connectivity index (χ3v) is 2.38. The van der Waals surface area contributed by atoms with Crippen LogP contribution in [0.4, 0.5) is 0 Å². The van der Waals surface area contributed by atoms with Crippen molar-refractivity contribution in [1.82, 2.24) is 4.90 Å². The van der Waals surface area contributed by atoms with Crippen LogP contribution in [0.1, 0.15) is 27.2 Å². The molecule has 1 fully saturated rings. The first-order valence-corrected chi connectivity index (χ1v) is 5.43. The minimum absolute atomic E-state index is 0. The molecule has 0 aromatic carbocycles. The van der Waals surface area contributed by atoms with Crippen molar-refractivity contribution in [2.24, 2.45) is 5.92 Å². The van der Waals surface area contributed by atoms with Gasteiger partial charge in [-0.15, -0.1) is 0 Å². The molecule has 0 radical (unpaired) electrons. The minimum Gasteiger partial charge on any atom is -0.550 e. The van der Waals surface area contributed by atoms with Crippen molar-refractivity contribution in [3.8, 4) is 0 Å². The zero-order chi connectivity index (χ0) is 12.3. The number of likely N-dealkylation sites (tertiary alicyclic amines) is 1. The van der Waals surface area contributed by atoms with Crippen molar-refractivity contribution < 1.29 is 38.3 Å². The van der Waals surface area contributed by atoms with Gasteiger partial charge >= 0.3 is 24.8 Å². The summed E-state index contributed by atoms with van der Waals surface area (Å²) >= 11 is 0. The van der Waals surface area contributed by atoms with E-state index in [1.165, 1.54) is 0 Å². The van der Waals surface area contributed by atoms with Gasteiger partial charge in [0.1, 0.15) is 5.60 Å². The average Bonchev–Trinajstić information content (AvgIpc) is 2.48. The summed E-state index contributed by atoms with van der Waals surface area (Å²) < 4.78 is 5.15. The van der Waals surface area contributed by atoms with Crippen molar-refractivity contribution in [3.05, 3.63) is 0 Å². The number of nitrogens with zero attached hydrogens (tertiary/aromatic N) is 1. The van der Waals surface area contributed by atoms with E-state index in [9.17, 15) is 14.7 Å². The minimum atomic E-state index is -1.04. The monoisotopic (exact) mass is 235 g/mol. The maximum atomic E-state index is 11.5. The number of aliphatic carboxylic acids is 1. The van der Waals surface area contributed by atoms with Crippen molar-refractivity contribution in [2.75, 3.05) is 19.6 Å². The average molecular weight is 235 g/mol. The first-order chi connectivity index (χ1) is 7.28. The van der Waals surface area contributed by atoms with Gasteiger partial charge in [-0.25, -0.2) is 0 Å². The number of hydrogen-bond acceptors (Lipinski definition) is 5.